The van der Waals surface area contributed by atoms with Crippen LogP contribution in [0.25, 0.3) is 11.1 Å². The highest BCUT2D eigenvalue weighted by Gasteiger charge is 2.27. The minimum absolute atomic E-state index is 0.352. The average molecular weight is 585 g/mol. The van der Waals surface area contributed by atoms with E-state index in [4.69, 9.17) is 0 Å². The lowest BCUT2D eigenvalue weighted by molar-refractivity contribution is -0.112. The number of hydrogen-bond donors (Lipinski definition) is 1. The fourth-order valence-corrected chi connectivity index (χ4v) is 5.78. The molecule has 1 saturated heterocycles. The minimum atomic E-state index is -0.676. The Balaban J connectivity index is 1.17. The summed E-state index contributed by atoms with van der Waals surface area (Å²) in [5.74, 6) is -0.206. The molecule has 1 N–H and O–H groups in total. The summed E-state index contributed by atoms with van der Waals surface area (Å²) < 4.78 is 1.88. The standard InChI is InChI=1S/C36H36N6O2/c1-25-16-18-38-35(27(25)3)41-21-19-40(20-22-41)31-14-12-29(13-15-31)39-36(44)34(43)33-32(28-9-5-4-6-10-28)23-26(2)42(33)24-30-11-7-8-17-37-30/h4-18,23H,19-22,24H2,1-3H3,(H,39,44). The highest BCUT2D eigenvalue weighted by Crippen LogP contribution is 2.29. The van der Waals surface area contributed by atoms with E-state index in [1.54, 1.807) is 6.20 Å². The molecular formula is C36H36N6O2. The maximum Gasteiger partial charge on any atom is 0.298 e. The van der Waals surface area contributed by atoms with Crippen molar-refractivity contribution in [1.29, 1.82) is 0 Å². The SMILES string of the molecule is Cc1ccnc(N2CCN(c3ccc(NC(=O)C(=O)c4c(-c5ccccc5)cc(C)n4Cc4ccccn4)cc3)CC2)c1C. The third-order valence-corrected chi connectivity index (χ3v) is 8.37. The first-order valence-corrected chi connectivity index (χ1v) is 14.9. The summed E-state index contributed by atoms with van der Waals surface area (Å²) in [7, 11) is 0. The van der Waals surface area contributed by atoms with E-state index >= 15 is 0 Å². The Morgan fingerprint density at radius 1 is 0.773 bits per heavy atom. The second-order valence-corrected chi connectivity index (χ2v) is 11.2. The second kappa shape index (κ2) is 12.6. The van der Waals surface area contributed by atoms with Crippen molar-refractivity contribution in [3.05, 3.63) is 126 Å². The molecule has 1 amide bonds. The van der Waals surface area contributed by atoms with Gasteiger partial charge in [-0.25, -0.2) is 4.98 Å². The van der Waals surface area contributed by atoms with Crippen LogP contribution >= 0.6 is 0 Å². The zero-order chi connectivity index (χ0) is 30.6. The Labute approximate surface area is 258 Å². The van der Waals surface area contributed by atoms with Gasteiger partial charge >= 0.3 is 0 Å². The fourth-order valence-electron chi connectivity index (χ4n) is 5.78. The van der Waals surface area contributed by atoms with Gasteiger partial charge in [0.15, 0.2) is 0 Å². The van der Waals surface area contributed by atoms with Crippen LogP contribution in [0.5, 0.6) is 0 Å². The molecule has 222 valence electrons. The highest BCUT2D eigenvalue weighted by atomic mass is 16.2. The second-order valence-electron chi connectivity index (χ2n) is 11.2. The molecule has 4 heterocycles. The smallest absolute Gasteiger partial charge is 0.298 e. The Hall–Kier alpha value is -5.24. The number of benzene rings is 2. The highest BCUT2D eigenvalue weighted by molar-refractivity contribution is 6.47. The van der Waals surface area contributed by atoms with E-state index in [0.29, 0.717) is 17.9 Å². The molecule has 0 radical (unpaired) electrons. The van der Waals surface area contributed by atoms with Crippen molar-refractivity contribution in [2.75, 3.05) is 41.3 Å². The number of nitrogens with zero attached hydrogens (tertiary/aromatic N) is 5. The molecular weight excluding hydrogens is 548 g/mol. The van der Waals surface area contributed by atoms with E-state index in [1.807, 2.05) is 103 Å². The summed E-state index contributed by atoms with van der Waals surface area (Å²) in [5.41, 5.74) is 7.77. The predicted molar refractivity (Wildman–Crippen MR) is 175 cm³/mol. The van der Waals surface area contributed by atoms with Crippen molar-refractivity contribution in [1.82, 2.24) is 14.5 Å². The van der Waals surface area contributed by atoms with Crippen molar-refractivity contribution in [3.63, 3.8) is 0 Å². The van der Waals surface area contributed by atoms with Gasteiger partial charge in [0.25, 0.3) is 11.7 Å². The molecule has 0 saturated carbocycles. The number of aryl methyl sites for hydroxylation is 2. The first-order valence-electron chi connectivity index (χ1n) is 14.9. The molecule has 0 aliphatic carbocycles. The van der Waals surface area contributed by atoms with Gasteiger partial charge in [0.1, 0.15) is 11.5 Å². The molecule has 2 aromatic carbocycles. The fraction of sp³-hybridized carbons (Fsp3) is 0.222. The topological polar surface area (TPSA) is 83.4 Å². The lowest BCUT2D eigenvalue weighted by atomic mass is 10.0. The molecule has 8 heteroatoms. The Morgan fingerprint density at radius 3 is 2.18 bits per heavy atom. The summed E-state index contributed by atoms with van der Waals surface area (Å²) in [4.78, 5) is 40.9. The van der Waals surface area contributed by atoms with E-state index in [0.717, 1.165) is 60.2 Å². The van der Waals surface area contributed by atoms with Crippen LogP contribution in [0, 0.1) is 20.8 Å². The normalized spacial score (nSPS) is 13.2. The zero-order valence-electron chi connectivity index (χ0n) is 25.3. The Kier molecular flexibility index (Phi) is 8.23. The van der Waals surface area contributed by atoms with E-state index in [9.17, 15) is 9.59 Å². The molecule has 3 aromatic heterocycles. The number of Topliss-reactive ketones (excluding diaryl/α,β-unsaturated/α-hetero) is 1. The van der Waals surface area contributed by atoms with Crippen LogP contribution < -0.4 is 15.1 Å². The lowest BCUT2D eigenvalue weighted by Crippen LogP contribution is -2.47. The average Bonchev–Trinajstić information content (AvgIpc) is 3.38. The van der Waals surface area contributed by atoms with Crippen LogP contribution in [0.2, 0.25) is 0 Å². The van der Waals surface area contributed by atoms with Crippen LogP contribution in [0.15, 0.2) is 97.3 Å². The van der Waals surface area contributed by atoms with Crippen molar-refractivity contribution in [2.45, 2.75) is 27.3 Å². The van der Waals surface area contributed by atoms with E-state index in [2.05, 4.69) is 38.9 Å². The number of anilines is 3. The minimum Gasteiger partial charge on any atom is -0.368 e. The van der Waals surface area contributed by atoms with Crippen LogP contribution in [0.4, 0.5) is 17.2 Å². The summed E-state index contributed by atoms with van der Waals surface area (Å²) >= 11 is 0. The van der Waals surface area contributed by atoms with Gasteiger partial charge in [0, 0.05) is 61.2 Å². The number of aromatic nitrogens is 3. The van der Waals surface area contributed by atoms with Gasteiger partial charge in [-0.05, 0) is 86.0 Å². The van der Waals surface area contributed by atoms with Gasteiger partial charge in [-0.2, -0.15) is 0 Å². The first kappa shape index (κ1) is 28.9. The molecule has 0 bridgehead atoms. The van der Waals surface area contributed by atoms with E-state index in [1.165, 1.54) is 11.1 Å². The van der Waals surface area contributed by atoms with Crippen molar-refractivity contribution in [3.8, 4) is 11.1 Å². The van der Waals surface area contributed by atoms with Crippen LogP contribution in [0.1, 0.15) is 33.0 Å². The summed E-state index contributed by atoms with van der Waals surface area (Å²) in [6, 6.07) is 27.1. The number of nitrogens with one attached hydrogen (secondary N) is 1. The Morgan fingerprint density at radius 2 is 1.48 bits per heavy atom. The number of carbonyl (C=O) groups is 2. The third kappa shape index (κ3) is 5.97. The summed E-state index contributed by atoms with van der Waals surface area (Å²) in [6.45, 7) is 10.1. The molecule has 8 nitrogen and oxygen atoms in total. The number of carbonyl (C=O) groups excluding carboxylic acids is 2. The molecule has 1 fully saturated rings. The monoisotopic (exact) mass is 584 g/mol. The van der Waals surface area contributed by atoms with Gasteiger partial charge in [0.2, 0.25) is 0 Å². The summed E-state index contributed by atoms with van der Waals surface area (Å²) in [6.07, 6.45) is 3.61. The van der Waals surface area contributed by atoms with Gasteiger partial charge in [-0.3, -0.25) is 14.6 Å². The maximum absolute atomic E-state index is 13.8. The quantitative estimate of drug-likeness (QED) is 0.176. The zero-order valence-corrected chi connectivity index (χ0v) is 25.3. The Bertz CT molecular complexity index is 1770. The van der Waals surface area contributed by atoms with Crippen LogP contribution in [-0.2, 0) is 11.3 Å². The number of hydrogen-bond acceptors (Lipinski definition) is 6. The van der Waals surface area contributed by atoms with Gasteiger partial charge in [0.05, 0.1) is 12.2 Å². The number of piperazine rings is 1. The number of pyridine rings is 2. The van der Waals surface area contributed by atoms with Crippen LogP contribution in [0.3, 0.4) is 0 Å². The molecule has 0 unspecified atom stereocenters. The largest absolute Gasteiger partial charge is 0.368 e. The summed E-state index contributed by atoms with van der Waals surface area (Å²) in [5, 5.41) is 2.84. The van der Waals surface area contributed by atoms with Gasteiger partial charge < -0.3 is 19.7 Å². The maximum atomic E-state index is 13.8. The van der Waals surface area contributed by atoms with Gasteiger partial charge in [-0.1, -0.05) is 36.4 Å². The number of rotatable bonds is 8. The molecule has 5 aromatic rings. The molecule has 6 rings (SSSR count). The molecule has 0 spiro atoms. The van der Waals surface area contributed by atoms with Crippen molar-refractivity contribution >= 4 is 28.9 Å². The third-order valence-electron chi connectivity index (χ3n) is 8.37. The molecule has 44 heavy (non-hydrogen) atoms. The first-order chi connectivity index (χ1) is 21.4. The van der Waals surface area contributed by atoms with E-state index in [-0.39, 0.29) is 0 Å². The lowest BCUT2D eigenvalue weighted by Gasteiger charge is -2.37. The van der Waals surface area contributed by atoms with Crippen molar-refractivity contribution < 1.29 is 9.59 Å². The predicted octanol–water partition coefficient (Wildman–Crippen LogP) is 6.07. The molecule has 0 atom stereocenters. The van der Waals surface area contributed by atoms with Crippen molar-refractivity contribution in [2.24, 2.45) is 0 Å². The number of amides is 1. The van der Waals surface area contributed by atoms with Crippen LogP contribution in [-0.4, -0.2) is 52.4 Å². The van der Waals surface area contributed by atoms with E-state index < -0.39 is 11.7 Å². The molecule has 1 aliphatic heterocycles. The number of ketones is 1. The molecule has 1 aliphatic rings. The van der Waals surface area contributed by atoms with Gasteiger partial charge in [-0.15, -0.1) is 0 Å².